The van der Waals surface area contributed by atoms with E-state index < -0.39 is 22.9 Å². The Bertz CT molecular complexity index is 601. The number of ether oxygens (including phenoxy) is 2. The molecule has 10 nitrogen and oxygen atoms in total. The number of nitro benzene ring substituents is 1. The third-order valence-corrected chi connectivity index (χ3v) is 2.65. The van der Waals surface area contributed by atoms with Crippen LogP contribution in [0.15, 0.2) is 24.3 Å². The maximum atomic E-state index is 11.4. The maximum absolute atomic E-state index is 11.4. The van der Waals surface area contributed by atoms with Crippen LogP contribution in [-0.4, -0.2) is 42.6 Å². The molecule has 0 bridgehead atoms. The predicted octanol–water partition coefficient (Wildman–Crippen LogP) is 0.500. The van der Waals surface area contributed by atoms with Gasteiger partial charge in [-0.05, 0) is 24.6 Å². The second kappa shape index (κ2) is 9.77. The molecule has 0 aliphatic rings. The number of benzene rings is 1. The number of hydrogen-bond acceptors (Lipinski definition) is 7. The third-order valence-electron chi connectivity index (χ3n) is 2.65. The fraction of sp³-hybridized carbons (Fsp3) is 0.357. The zero-order valence-electron chi connectivity index (χ0n) is 12.9. The first-order valence-corrected chi connectivity index (χ1v) is 6.98. The van der Waals surface area contributed by atoms with Crippen molar-refractivity contribution in [2.24, 2.45) is 0 Å². The van der Waals surface area contributed by atoms with E-state index in [2.05, 4.69) is 15.4 Å². The molecule has 2 amide bonds. The smallest absolute Gasteiger partial charge is 0.407 e. The lowest BCUT2D eigenvalue weighted by Crippen LogP contribution is -2.39. The average Bonchev–Trinajstić information content (AvgIpc) is 2.56. The molecule has 1 aromatic carbocycles. The highest BCUT2D eigenvalue weighted by Gasteiger charge is 2.09. The van der Waals surface area contributed by atoms with E-state index in [0.29, 0.717) is 5.56 Å². The van der Waals surface area contributed by atoms with E-state index in [4.69, 9.17) is 4.74 Å². The highest BCUT2D eigenvalue weighted by molar-refractivity contribution is 5.85. The summed E-state index contributed by atoms with van der Waals surface area (Å²) in [6, 6.07) is 5.49. The lowest BCUT2D eigenvalue weighted by Gasteiger charge is -2.08. The number of carbonyl (C=O) groups excluding carboxylic acids is 3. The van der Waals surface area contributed by atoms with Crippen molar-refractivity contribution in [2.75, 3.05) is 19.7 Å². The van der Waals surface area contributed by atoms with Crippen molar-refractivity contribution >= 4 is 23.7 Å². The van der Waals surface area contributed by atoms with Crippen LogP contribution >= 0.6 is 0 Å². The van der Waals surface area contributed by atoms with E-state index in [-0.39, 0.29) is 32.0 Å². The number of alkyl carbamates (subject to hydrolysis) is 1. The van der Waals surface area contributed by atoms with Gasteiger partial charge >= 0.3 is 12.1 Å². The first-order valence-electron chi connectivity index (χ1n) is 6.98. The van der Waals surface area contributed by atoms with Crippen molar-refractivity contribution in [3.8, 4) is 0 Å². The van der Waals surface area contributed by atoms with E-state index in [1.807, 2.05) is 0 Å². The van der Waals surface area contributed by atoms with Crippen LogP contribution < -0.4 is 10.6 Å². The molecule has 0 saturated heterocycles. The van der Waals surface area contributed by atoms with Crippen molar-refractivity contribution in [3.63, 3.8) is 0 Å². The molecule has 24 heavy (non-hydrogen) atoms. The molecule has 10 heteroatoms. The summed E-state index contributed by atoms with van der Waals surface area (Å²) in [6.07, 6.45) is -0.834. The molecule has 0 heterocycles. The molecule has 0 aromatic heterocycles. The molecule has 130 valence electrons. The summed E-state index contributed by atoms with van der Waals surface area (Å²) in [7, 11) is 0. The van der Waals surface area contributed by atoms with Gasteiger partial charge in [0, 0.05) is 12.1 Å². The zero-order chi connectivity index (χ0) is 17.9. The molecule has 0 atom stereocenters. The molecule has 0 spiro atoms. The summed E-state index contributed by atoms with van der Waals surface area (Å²) in [5.41, 5.74) is 0.490. The number of nitrogens with zero attached hydrogens (tertiary/aromatic N) is 1. The van der Waals surface area contributed by atoms with E-state index in [1.165, 1.54) is 24.3 Å². The largest absolute Gasteiger partial charge is 0.465 e. The van der Waals surface area contributed by atoms with Crippen LogP contribution in [-0.2, 0) is 25.7 Å². The van der Waals surface area contributed by atoms with Crippen LogP contribution in [0.4, 0.5) is 10.5 Å². The van der Waals surface area contributed by atoms with E-state index in [1.54, 1.807) is 6.92 Å². The van der Waals surface area contributed by atoms with Gasteiger partial charge in [-0.25, -0.2) is 4.79 Å². The van der Waals surface area contributed by atoms with Crippen molar-refractivity contribution in [1.82, 2.24) is 10.6 Å². The van der Waals surface area contributed by atoms with Crippen LogP contribution in [0.3, 0.4) is 0 Å². The lowest BCUT2D eigenvalue weighted by atomic mass is 10.2. The fourth-order valence-electron chi connectivity index (χ4n) is 1.51. The number of rotatable bonds is 8. The number of carbonyl (C=O) groups is 3. The van der Waals surface area contributed by atoms with Crippen LogP contribution in [0.25, 0.3) is 0 Å². The Morgan fingerprint density at radius 2 is 1.75 bits per heavy atom. The standard InChI is InChI=1S/C14H17N3O7/c1-2-23-13(19)8-15-12(18)7-16-14(20)24-9-10-3-5-11(6-4-10)17(21)22/h3-6H,2,7-9H2,1H3,(H,15,18)(H,16,20). The van der Waals surface area contributed by atoms with Crippen molar-refractivity contribution < 1.29 is 28.8 Å². The van der Waals surface area contributed by atoms with Gasteiger partial charge in [0.05, 0.1) is 11.5 Å². The van der Waals surface area contributed by atoms with Gasteiger partial charge in [0.2, 0.25) is 5.91 Å². The second-order valence-electron chi connectivity index (χ2n) is 4.43. The van der Waals surface area contributed by atoms with Crippen molar-refractivity contribution in [2.45, 2.75) is 13.5 Å². The quantitative estimate of drug-likeness (QED) is 0.399. The van der Waals surface area contributed by atoms with Gasteiger partial charge in [0.25, 0.3) is 5.69 Å². The summed E-state index contributed by atoms with van der Waals surface area (Å²) in [5.74, 6) is -1.15. The molecule has 0 aliphatic carbocycles. The Hall–Kier alpha value is -3.17. The molecular formula is C14H17N3O7. The monoisotopic (exact) mass is 339 g/mol. The van der Waals surface area contributed by atoms with Crippen molar-refractivity contribution in [1.29, 1.82) is 0 Å². The maximum Gasteiger partial charge on any atom is 0.407 e. The van der Waals surface area contributed by atoms with Gasteiger partial charge in [-0.1, -0.05) is 0 Å². The topological polar surface area (TPSA) is 137 Å². The van der Waals surface area contributed by atoms with Crippen LogP contribution in [0.5, 0.6) is 0 Å². The summed E-state index contributed by atoms with van der Waals surface area (Å²) in [6.45, 7) is 1.10. The van der Waals surface area contributed by atoms with Gasteiger partial charge in [0.1, 0.15) is 19.7 Å². The van der Waals surface area contributed by atoms with Gasteiger partial charge < -0.3 is 20.1 Å². The lowest BCUT2D eigenvalue weighted by molar-refractivity contribution is -0.384. The summed E-state index contributed by atoms with van der Waals surface area (Å²) < 4.78 is 9.47. The number of non-ortho nitro benzene ring substituents is 1. The fourth-order valence-corrected chi connectivity index (χ4v) is 1.51. The first-order chi connectivity index (χ1) is 11.4. The summed E-state index contributed by atoms with van der Waals surface area (Å²) in [4.78, 5) is 43.8. The molecule has 0 unspecified atom stereocenters. The van der Waals surface area contributed by atoms with Gasteiger partial charge in [-0.15, -0.1) is 0 Å². The Balaban J connectivity index is 2.25. The minimum absolute atomic E-state index is 0.0681. The van der Waals surface area contributed by atoms with Crippen LogP contribution in [0.1, 0.15) is 12.5 Å². The van der Waals surface area contributed by atoms with Crippen LogP contribution in [0, 0.1) is 10.1 Å². The molecular weight excluding hydrogens is 322 g/mol. The Morgan fingerprint density at radius 1 is 1.08 bits per heavy atom. The Labute approximate surface area is 137 Å². The average molecular weight is 339 g/mol. The van der Waals surface area contributed by atoms with Gasteiger partial charge in [-0.2, -0.15) is 0 Å². The van der Waals surface area contributed by atoms with E-state index in [9.17, 15) is 24.5 Å². The van der Waals surface area contributed by atoms with Crippen LogP contribution in [0.2, 0.25) is 0 Å². The highest BCUT2D eigenvalue weighted by Crippen LogP contribution is 2.12. The minimum Gasteiger partial charge on any atom is -0.465 e. The normalized spacial score (nSPS) is 9.71. The minimum atomic E-state index is -0.834. The Morgan fingerprint density at radius 3 is 2.33 bits per heavy atom. The first kappa shape index (κ1) is 18.9. The number of hydrogen-bond donors (Lipinski definition) is 2. The third kappa shape index (κ3) is 7.20. The predicted molar refractivity (Wildman–Crippen MR) is 80.9 cm³/mol. The highest BCUT2D eigenvalue weighted by atomic mass is 16.6. The Kier molecular flexibility index (Phi) is 7.68. The number of nitrogens with one attached hydrogen (secondary N) is 2. The molecule has 2 N–H and O–H groups in total. The molecule has 0 saturated carbocycles. The second-order valence-corrected chi connectivity index (χ2v) is 4.43. The molecule has 0 radical (unpaired) electrons. The molecule has 1 rings (SSSR count). The van der Waals surface area contributed by atoms with E-state index >= 15 is 0 Å². The number of nitro groups is 1. The summed E-state index contributed by atoms with van der Waals surface area (Å²) >= 11 is 0. The van der Waals surface area contributed by atoms with E-state index in [0.717, 1.165) is 0 Å². The van der Waals surface area contributed by atoms with Gasteiger partial charge in [-0.3, -0.25) is 19.7 Å². The SMILES string of the molecule is CCOC(=O)CNC(=O)CNC(=O)OCc1ccc([N+](=O)[O-])cc1. The van der Waals surface area contributed by atoms with Gasteiger partial charge in [0.15, 0.2) is 0 Å². The number of amides is 2. The summed E-state index contributed by atoms with van der Waals surface area (Å²) in [5, 5.41) is 15.0. The number of esters is 1. The molecule has 0 fully saturated rings. The molecule has 0 aliphatic heterocycles. The molecule has 1 aromatic rings. The zero-order valence-corrected chi connectivity index (χ0v) is 12.9. The van der Waals surface area contributed by atoms with Crippen molar-refractivity contribution in [3.05, 3.63) is 39.9 Å².